The van der Waals surface area contributed by atoms with E-state index in [-0.39, 0.29) is 18.0 Å². The quantitative estimate of drug-likeness (QED) is 0.722. The highest BCUT2D eigenvalue weighted by Gasteiger charge is 2.60. The van der Waals surface area contributed by atoms with Crippen molar-refractivity contribution in [2.75, 3.05) is 6.61 Å². The molecule has 0 aliphatic carbocycles. The van der Waals surface area contributed by atoms with Crippen molar-refractivity contribution in [1.29, 1.82) is 0 Å². The standard InChI is InChI=1S/C17H28O7/c1-7-9(2)14(18)20-12-11(10-8-19-16(3,4)22-10)21-15-13(12)23-17(5,6)24-15/h9-13,15H,7-8H2,1-6H3/t9-,10-,11+,12-,13-,15-/m1/s1. The number of hydrogen-bond donors (Lipinski definition) is 0. The summed E-state index contributed by atoms with van der Waals surface area (Å²) in [5, 5.41) is 0. The summed E-state index contributed by atoms with van der Waals surface area (Å²) in [5.74, 6) is -1.90. The number of carbonyl (C=O) groups is 1. The van der Waals surface area contributed by atoms with Crippen molar-refractivity contribution in [3.8, 4) is 0 Å². The van der Waals surface area contributed by atoms with E-state index in [0.717, 1.165) is 0 Å². The van der Waals surface area contributed by atoms with Crippen LogP contribution in [-0.2, 0) is 33.2 Å². The van der Waals surface area contributed by atoms with E-state index in [0.29, 0.717) is 13.0 Å². The second-order valence-electron chi connectivity index (χ2n) is 7.65. The van der Waals surface area contributed by atoms with Gasteiger partial charge in [-0.2, -0.15) is 0 Å². The van der Waals surface area contributed by atoms with Crippen LogP contribution >= 0.6 is 0 Å². The van der Waals surface area contributed by atoms with E-state index in [1.165, 1.54) is 0 Å². The van der Waals surface area contributed by atoms with Crippen LogP contribution in [0.25, 0.3) is 0 Å². The van der Waals surface area contributed by atoms with Gasteiger partial charge >= 0.3 is 5.97 Å². The third kappa shape index (κ3) is 3.46. The Bertz CT molecular complexity index is 489. The minimum Gasteiger partial charge on any atom is -0.456 e. The summed E-state index contributed by atoms with van der Waals surface area (Å²) in [6.45, 7) is 11.5. The molecule has 24 heavy (non-hydrogen) atoms. The van der Waals surface area contributed by atoms with Gasteiger partial charge in [-0.05, 0) is 34.1 Å². The van der Waals surface area contributed by atoms with Gasteiger partial charge < -0.3 is 28.4 Å². The summed E-state index contributed by atoms with van der Waals surface area (Å²) in [6.07, 6.45) is -1.73. The highest BCUT2D eigenvalue weighted by atomic mass is 16.8. The van der Waals surface area contributed by atoms with E-state index in [1.807, 2.05) is 41.5 Å². The summed E-state index contributed by atoms with van der Waals surface area (Å²) >= 11 is 0. The number of rotatable bonds is 4. The van der Waals surface area contributed by atoms with Gasteiger partial charge in [0.1, 0.15) is 12.2 Å². The minimum absolute atomic E-state index is 0.183. The maximum atomic E-state index is 12.3. The van der Waals surface area contributed by atoms with Crippen LogP contribution in [0.5, 0.6) is 0 Å². The van der Waals surface area contributed by atoms with Crippen molar-refractivity contribution >= 4 is 5.97 Å². The number of hydrogen-bond acceptors (Lipinski definition) is 7. The molecule has 138 valence electrons. The fraction of sp³-hybridized carbons (Fsp3) is 0.941. The molecule has 3 rings (SSSR count). The average Bonchev–Trinajstić information content (AvgIpc) is 3.09. The summed E-state index contributed by atoms with van der Waals surface area (Å²) in [6, 6.07) is 0. The van der Waals surface area contributed by atoms with E-state index in [4.69, 9.17) is 28.4 Å². The molecular formula is C17H28O7. The van der Waals surface area contributed by atoms with Gasteiger partial charge in [0, 0.05) is 0 Å². The number of carbonyl (C=O) groups excluding carboxylic acids is 1. The van der Waals surface area contributed by atoms with Gasteiger partial charge in [-0.3, -0.25) is 4.79 Å². The van der Waals surface area contributed by atoms with Crippen LogP contribution in [-0.4, -0.2) is 54.9 Å². The topological polar surface area (TPSA) is 72.5 Å². The van der Waals surface area contributed by atoms with Gasteiger partial charge in [0.2, 0.25) is 0 Å². The Labute approximate surface area is 142 Å². The zero-order valence-corrected chi connectivity index (χ0v) is 15.2. The van der Waals surface area contributed by atoms with Crippen LogP contribution in [0.1, 0.15) is 48.0 Å². The molecule has 0 spiro atoms. The molecule has 7 heteroatoms. The maximum absolute atomic E-state index is 12.3. The third-order valence-corrected chi connectivity index (χ3v) is 4.69. The number of fused-ring (bicyclic) bond motifs is 1. The molecule has 3 heterocycles. The predicted molar refractivity (Wildman–Crippen MR) is 82.9 cm³/mol. The van der Waals surface area contributed by atoms with E-state index in [2.05, 4.69) is 0 Å². The van der Waals surface area contributed by atoms with Crippen molar-refractivity contribution in [3.63, 3.8) is 0 Å². The Kier molecular flexibility index (Phi) is 4.68. The molecule has 3 saturated heterocycles. The Morgan fingerprint density at radius 2 is 1.83 bits per heavy atom. The van der Waals surface area contributed by atoms with Gasteiger partial charge in [-0.1, -0.05) is 13.8 Å². The molecule has 3 fully saturated rings. The first-order valence-electron chi connectivity index (χ1n) is 8.65. The van der Waals surface area contributed by atoms with Crippen molar-refractivity contribution in [2.24, 2.45) is 5.92 Å². The first kappa shape index (κ1) is 18.1. The summed E-state index contributed by atoms with van der Waals surface area (Å²) in [4.78, 5) is 12.3. The molecule has 0 bridgehead atoms. The second kappa shape index (κ2) is 6.21. The molecule has 0 unspecified atom stereocenters. The smallest absolute Gasteiger partial charge is 0.309 e. The summed E-state index contributed by atoms with van der Waals surface area (Å²) < 4.78 is 35.0. The highest BCUT2D eigenvalue weighted by Crippen LogP contribution is 2.42. The predicted octanol–water partition coefficient (Wildman–Crippen LogP) is 1.97. The monoisotopic (exact) mass is 344 g/mol. The van der Waals surface area contributed by atoms with Gasteiger partial charge in [-0.25, -0.2) is 0 Å². The lowest BCUT2D eigenvalue weighted by Crippen LogP contribution is -2.45. The van der Waals surface area contributed by atoms with E-state index >= 15 is 0 Å². The minimum atomic E-state index is -0.770. The molecule has 3 aliphatic heterocycles. The molecule has 3 aliphatic rings. The molecule has 0 aromatic carbocycles. The molecule has 0 amide bonds. The molecule has 0 saturated carbocycles. The van der Waals surface area contributed by atoms with E-state index in [1.54, 1.807) is 0 Å². The van der Waals surface area contributed by atoms with Crippen molar-refractivity contribution in [3.05, 3.63) is 0 Å². The summed E-state index contributed by atoms with van der Waals surface area (Å²) in [7, 11) is 0. The lowest BCUT2D eigenvalue weighted by atomic mass is 10.0. The zero-order valence-electron chi connectivity index (χ0n) is 15.2. The molecule has 0 aromatic rings. The van der Waals surface area contributed by atoms with Crippen molar-refractivity contribution in [1.82, 2.24) is 0 Å². The lowest BCUT2D eigenvalue weighted by Gasteiger charge is -2.29. The fourth-order valence-corrected chi connectivity index (χ4v) is 3.23. The van der Waals surface area contributed by atoms with Gasteiger partial charge in [-0.15, -0.1) is 0 Å². The first-order chi connectivity index (χ1) is 11.1. The molecular weight excluding hydrogens is 316 g/mol. The maximum Gasteiger partial charge on any atom is 0.309 e. The highest BCUT2D eigenvalue weighted by molar-refractivity contribution is 5.72. The molecule has 0 radical (unpaired) electrons. The molecule has 6 atom stereocenters. The van der Waals surface area contributed by atoms with Crippen LogP contribution in [0.2, 0.25) is 0 Å². The fourth-order valence-electron chi connectivity index (χ4n) is 3.23. The van der Waals surface area contributed by atoms with E-state index in [9.17, 15) is 4.79 Å². The number of esters is 1. The van der Waals surface area contributed by atoms with Gasteiger partial charge in [0.25, 0.3) is 0 Å². The summed E-state index contributed by atoms with van der Waals surface area (Å²) in [5.41, 5.74) is 0. The first-order valence-corrected chi connectivity index (χ1v) is 8.65. The van der Waals surface area contributed by atoms with Crippen molar-refractivity contribution < 1.29 is 33.2 Å². The molecule has 0 aromatic heterocycles. The Morgan fingerprint density at radius 3 is 2.42 bits per heavy atom. The van der Waals surface area contributed by atoms with Crippen LogP contribution in [0.3, 0.4) is 0 Å². The Hall–Kier alpha value is -0.730. The van der Waals surface area contributed by atoms with Crippen LogP contribution < -0.4 is 0 Å². The molecule has 0 N–H and O–H groups in total. The molecule has 7 nitrogen and oxygen atoms in total. The Morgan fingerprint density at radius 1 is 1.12 bits per heavy atom. The normalized spacial score (nSPS) is 41.2. The average molecular weight is 344 g/mol. The number of ether oxygens (including phenoxy) is 6. The zero-order chi connectivity index (χ0) is 17.7. The lowest BCUT2D eigenvalue weighted by molar-refractivity contribution is -0.235. The van der Waals surface area contributed by atoms with E-state index < -0.39 is 36.2 Å². The Balaban J connectivity index is 1.76. The van der Waals surface area contributed by atoms with Gasteiger partial charge in [0.05, 0.1) is 12.5 Å². The largest absolute Gasteiger partial charge is 0.456 e. The van der Waals surface area contributed by atoms with Crippen LogP contribution in [0.15, 0.2) is 0 Å². The van der Waals surface area contributed by atoms with Gasteiger partial charge in [0.15, 0.2) is 30.1 Å². The second-order valence-corrected chi connectivity index (χ2v) is 7.65. The third-order valence-electron chi connectivity index (χ3n) is 4.69. The van der Waals surface area contributed by atoms with Crippen molar-refractivity contribution in [2.45, 2.75) is 90.2 Å². The SMILES string of the molecule is CC[C@@H](C)C(=O)O[C@@H]1[C@H]([C@H]2COC(C)(C)O2)O[C@@H]2OC(C)(C)O[C@@H]21. The van der Waals surface area contributed by atoms with Crippen LogP contribution in [0, 0.1) is 5.92 Å². The van der Waals surface area contributed by atoms with Crippen LogP contribution in [0.4, 0.5) is 0 Å².